The first-order chi connectivity index (χ1) is 44.5. The van der Waals surface area contributed by atoms with Gasteiger partial charge < -0.3 is 55.1 Å². The van der Waals surface area contributed by atoms with Crippen LogP contribution in [0.4, 0.5) is 0 Å². The number of amides is 8. The molecule has 0 aliphatic heterocycles. The second-order valence-electron chi connectivity index (χ2n) is 25.4. The van der Waals surface area contributed by atoms with Crippen molar-refractivity contribution in [3.05, 3.63) is 35.9 Å². The molecule has 0 radical (unpaired) electrons. The summed E-state index contributed by atoms with van der Waals surface area (Å²) in [5.74, 6) is -4.69. The molecule has 0 aromatic heterocycles. The van der Waals surface area contributed by atoms with Crippen molar-refractivity contribution in [2.75, 3.05) is 73.7 Å². The summed E-state index contributed by atoms with van der Waals surface area (Å²) in [5, 5.41) is 12.0. The third-order valence-corrected chi connectivity index (χ3v) is 16.7. The fourth-order valence-electron chi connectivity index (χ4n) is 11.5. The van der Waals surface area contributed by atoms with Crippen LogP contribution in [0.2, 0.25) is 0 Å². The fourth-order valence-corrected chi connectivity index (χ4v) is 11.5. The molecule has 530 valence electrons. The van der Waals surface area contributed by atoms with Crippen molar-refractivity contribution >= 4 is 65.2 Å². The molecule has 8 amide bonds. The Bertz CT molecular complexity index is 2350. The van der Waals surface area contributed by atoms with Gasteiger partial charge in [0.2, 0.25) is 47.3 Å². The molecule has 0 aliphatic rings. The third kappa shape index (κ3) is 34.9. The molecular weight excluding hydrogens is 1190 g/mol. The Kier molecular flexibility index (Phi) is 46.1. The summed E-state index contributed by atoms with van der Waals surface area (Å²) in [4.78, 5) is 157. The van der Waals surface area contributed by atoms with E-state index in [4.69, 9.17) is 14.2 Å². The molecule has 4 unspecified atom stereocenters. The number of nitrogens with zero attached hydrogens (tertiary/aromatic N) is 4. The van der Waals surface area contributed by atoms with E-state index < -0.39 is 53.8 Å². The summed E-state index contributed by atoms with van der Waals surface area (Å²) in [6, 6.07) is 5.71. The molecule has 22 nitrogen and oxygen atoms in total. The molecule has 4 N–H and O–H groups in total. The number of benzene rings is 1. The van der Waals surface area contributed by atoms with Gasteiger partial charge in [-0.05, 0) is 87.5 Å². The molecule has 1 aromatic rings. The predicted molar refractivity (Wildman–Crippen MR) is 362 cm³/mol. The predicted octanol–water partition coefficient (Wildman–Crippen LogP) is 9.17. The van der Waals surface area contributed by atoms with E-state index in [2.05, 4.69) is 35.1 Å². The number of methoxy groups -OCH3 is 3. The average molecular weight is 1310 g/mol. The Balaban J connectivity index is 3.73. The zero-order chi connectivity index (χ0) is 69.5. The molecule has 0 saturated heterocycles. The van der Waals surface area contributed by atoms with Gasteiger partial charge in [-0.2, -0.15) is 0 Å². The van der Waals surface area contributed by atoms with Crippen LogP contribution in [-0.4, -0.2) is 183 Å². The first kappa shape index (κ1) is 84.4. The fraction of sp³-hybridized carbons (Fsp3) is 0.761. The Hall–Kier alpha value is -6.61. The highest BCUT2D eigenvalue weighted by molar-refractivity contribution is 5.91. The third-order valence-electron chi connectivity index (χ3n) is 16.7. The molecule has 0 fully saturated rings. The van der Waals surface area contributed by atoms with Crippen molar-refractivity contribution in [3.63, 3.8) is 0 Å². The van der Waals surface area contributed by atoms with E-state index in [1.807, 2.05) is 78.8 Å². The van der Waals surface area contributed by atoms with Gasteiger partial charge in [-0.15, -0.1) is 0 Å². The maximum Gasteiger partial charge on any atom is 0.305 e. The van der Waals surface area contributed by atoms with Gasteiger partial charge in [-0.1, -0.05) is 150 Å². The van der Waals surface area contributed by atoms with Crippen LogP contribution in [0.3, 0.4) is 0 Å². The number of carbonyl (C=O) groups excluding carboxylic acids is 11. The van der Waals surface area contributed by atoms with Crippen molar-refractivity contribution in [2.45, 2.75) is 260 Å². The summed E-state index contributed by atoms with van der Waals surface area (Å²) in [7, 11) is 3.93. The zero-order valence-corrected chi connectivity index (χ0v) is 59.2. The molecule has 0 saturated carbocycles. The molecule has 1 rings (SSSR count). The molecule has 1 aromatic carbocycles. The molecule has 0 spiro atoms. The maximum absolute atomic E-state index is 15.0. The number of unbranched alkanes of at least 4 members (excludes halogenated alkanes) is 11. The number of rotatable bonds is 53. The highest BCUT2D eigenvalue weighted by atomic mass is 16.5. The minimum atomic E-state index is -1.10. The van der Waals surface area contributed by atoms with E-state index in [0.29, 0.717) is 71.1 Å². The van der Waals surface area contributed by atoms with Gasteiger partial charge >= 0.3 is 17.9 Å². The number of hydrogen-bond acceptors (Lipinski definition) is 14. The first-order valence-corrected chi connectivity index (χ1v) is 35.1. The van der Waals surface area contributed by atoms with Crippen molar-refractivity contribution in [1.82, 2.24) is 40.9 Å². The zero-order valence-electron chi connectivity index (χ0n) is 59.2. The first-order valence-electron chi connectivity index (χ1n) is 35.1. The van der Waals surface area contributed by atoms with E-state index in [-0.39, 0.29) is 144 Å². The lowest BCUT2D eigenvalue weighted by atomic mass is 9.99. The van der Waals surface area contributed by atoms with Crippen LogP contribution in [0.25, 0.3) is 0 Å². The monoisotopic (exact) mass is 1310 g/mol. The summed E-state index contributed by atoms with van der Waals surface area (Å²) < 4.78 is 14.5. The lowest BCUT2D eigenvalue weighted by molar-refractivity contribution is -0.145. The lowest BCUT2D eigenvalue weighted by Crippen LogP contribution is -2.54. The average Bonchev–Trinajstić information content (AvgIpc) is 0.984. The van der Waals surface area contributed by atoms with Crippen molar-refractivity contribution < 1.29 is 67.0 Å². The van der Waals surface area contributed by atoms with Gasteiger partial charge in [0.05, 0.1) is 21.3 Å². The molecule has 0 aliphatic carbocycles. The van der Waals surface area contributed by atoms with Gasteiger partial charge in [0, 0.05) is 104 Å². The minimum absolute atomic E-state index is 0.0262. The quantitative estimate of drug-likeness (QED) is 0.0269. The van der Waals surface area contributed by atoms with Crippen LogP contribution in [-0.2, 0) is 73.4 Å². The van der Waals surface area contributed by atoms with E-state index in [1.54, 1.807) is 4.90 Å². The summed E-state index contributed by atoms with van der Waals surface area (Å²) in [6.07, 6.45) is 13.1. The van der Waals surface area contributed by atoms with Gasteiger partial charge in [0.15, 0.2) is 0 Å². The smallest absolute Gasteiger partial charge is 0.305 e. The Labute approximate surface area is 558 Å². The van der Waals surface area contributed by atoms with Crippen molar-refractivity contribution in [1.29, 1.82) is 0 Å². The SMILES string of the molecule is CCCCCCNC(=O)C(C(C)C)N(CCCC(=O)OC)C(=O)CCCC(=O)N(CCCCCC(=O)N(CCCC)C(C(=O)NCCCCCC(=O)OC)C(C)C)C(Cc1ccccc1)C(=O)NCCC(=O)N(CCCC(=O)OC)C(C(=O)NCCCCCC)C(C)C. The van der Waals surface area contributed by atoms with E-state index in [9.17, 15) is 47.9 Å². The minimum Gasteiger partial charge on any atom is -0.469 e. The van der Waals surface area contributed by atoms with Crippen molar-refractivity contribution in [2.24, 2.45) is 17.8 Å². The number of carbonyl (C=O) groups is 11. The number of hydrogen-bond donors (Lipinski definition) is 4. The van der Waals surface area contributed by atoms with E-state index in [1.165, 1.54) is 36.0 Å². The van der Waals surface area contributed by atoms with Crippen LogP contribution in [0.5, 0.6) is 0 Å². The molecule has 93 heavy (non-hydrogen) atoms. The molecule has 0 heterocycles. The van der Waals surface area contributed by atoms with Gasteiger partial charge in [0.1, 0.15) is 24.2 Å². The molecular formula is C71H122N8O14. The van der Waals surface area contributed by atoms with Gasteiger partial charge in [-0.25, -0.2) is 0 Å². The van der Waals surface area contributed by atoms with Crippen LogP contribution in [0.1, 0.15) is 235 Å². The van der Waals surface area contributed by atoms with Crippen LogP contribution < -0.4 is 21.3 Å². The number of ether oxygens (including phenoxy) is 3. The van der Waals surface area contributed by atoms with Crippen LogP contribution >= 0.6 is 0 Å². The highest BCUT2D eigenvalue weighted by Crippen LogP contribution is 2.22. The van der Waals surface area contributed by atoms with E-state index >= 15 is 4.79 Å². The molecule has 22 heteroatoms. The summed E-state index contributed by atoms with van der Waals surface area (Å²) in [5.41, 5.74) is 0.755. The Morgan fingerprint density at radius 1 is 0.344 bits per heavy atom. The van der Waals surface area contributed by atoms with Crippen LogP contribution in [0, 0.1) is 17.8 Å². The maximum atomic E-state index is 15.0. The number of nitrogens with one attached hydrogen (secondary N) is 4. The summed E-state index contributed by atoms with van der Waals surface area (Å²) in [6.45, 7) is 19.3. The van der Waals surface area contributed by atoms with Gasteiger partial charge in [0.25, 0.3) is 0 Å². The van der Waals surface area contributed by atoms with Crippen LogP contribution in [0.15, 0.2) is 30.3 Å². The summed E-state index contributed by atoms with van der Waals surface area (Å²) >= 11 is 0. The van der Waals surface area contributed by atoms with E-state index in [0.717, 1.165) is 69.8 Å². The largest absolute Gasteiger partial charge is 0.469 e. The topological polar surface area (TPSA) is 277 Å². The van der Waals surface area contributed by atoms with Crippen molar-refractivity contribution in [3.8, 4) is 0 Å². The molecule has 0 bridgehead atoms. The van der Waals surface area contributed by atoms with Gasteiger partial charge in [-0.3, -0.25) is 52.7 Å². The molecule has 4 atom stereocenters. The normalized spacial score (nSPS) is 12.5. The lowest BCUT2D eigenvalue weighted by Gasteiger charge is -2.34. The standard InChI is InChI=1S/C71H122N8O14/c1-13-16-19-28-44-72-70(89)66(54(6)7)78(50-33-41-63(85)92-11)60(82)39-32-38-58(80)76(49-31-23-26-37-59(81)77(48-18-15-3)65(53(4)5)69(88)74-46-30-22-27-40-62(84)91-10)57(52-56-35-24-21-25-36-56)68(87)75-47-43-61(83)79(51-34-42-64(86)93-12)67(55(8)9)71(90)73-45-29-20-17-14-2/h21,24-25,35-36,53-55,57,65-67H,13-20,22-23,26-34,37-52H2,1-12H3,(H,72,89)(H,73,90)(H,74,88)(H,75,87). The Morgan fingerprint density at radius 3 is 1.09 bits per heavy atom. The second-order valence-corrected chi connectivity index (χ2v) is 25.4. The number of esters is 3. The Morgan fingerprint density at radius 2 is 0.677 bits per heavy atom. The second kappa shape index (κ2) is 50.8. The highest BCUT2D eigenvalue weighted by Gasteiger charge is 2.36.